The number of carbonyl (C=O) groups excluding carboxylic acids is 3. The number of amides is 2. The van der Waals surface area contributed by atoms with Gasteiger partial charge < -0.3 is 19.7 Å². The maximum absolute atomic E-state index is 13.3. The third-order valence-electron chi connectivity index (χ3n) is 5.18. The lowest BCUT2D eigenvalue weighted by Crippen LogP contribution is -2.59. The number of carbonyl (C=O) groups is 3. The van der Waals surface area contributed by atoms with Gasteiger partial charge in [-0.15, -0.1) is 0 Å². The maximum atomic E-state index is 13.3. The predicted molar refractivity (Wildman–Crippen MR) is 112 cm³/mol. The summed E-state index contributed by atoms with van der Waals surface area (Å²) in [5.41, 5.74) is 0. The Morgan fingerprint density at radius 2 is 1.50 bits per heavy atom. The van der Waals surface area contributed by atoms with Crippen LogP contribution in [0.4, 0.5) is 0 Å². The van der Waals surface area contributed by atoms with Crippen LogP contribution in [0.3, 0.4) is 0 Å². The minimum Gasteiger partial charge on any atom is -0.379 e. The van der Waals surface area contributed by atoms with E-state index in [-0.39, 0.29) is 54.2 Å². The summed E-state index contributed by atoms with van der Waals surface area (Å²) >= 11 is 0. The summed E-state index contributed by atoms with van der Waals surface area (Å²) < 4.78 is 5.49. The molecule has 0 fully saturated rings. The number of aldehydes is 1. The minimum absolute atomic E-state index is 0.0752. The third-order valence-corrected chi connectivity index (χ3v) is 5.18. The van der Waals surface area contributed by atoms with Gasteiger partial charge in [0.25, 0.3) is 0 Å². The van der Waals surface area contributed by atoms with Crippen molar-refractivity contribution >= 4 is 18.1 Å². The van der Waals surface area contributed by atoms with E-state index in [1.807, 2.05) is 60.5 Å². The Morgan fingerprint density at radius 1 is 0.964 bits per heavy atom. The average Bonchev–Trinajstić information content (AvgIpc) is 2.57. The fraction of sp³-hybridized carbons (Fsp3) is 0.857. The van der Waals surface area contributed by atoms with E-state index in [0.29, 0.717) is 0 Å². The van der Waals surface area contributed by atoms with E-state index in [2.05, 4.69) is 5.32 Å². The Hall–Kier alpha value is -1.47. The molecule has 164 valence electrons. The van der Waals surface area contributed by atoms with Crippen LogP contribution in [0.2, 0.25) is 0 Å². The van der Waals surface area contributed by atoms with E-state index in [9.17, 15) is 14.4 Å². The first kappa shape index (κ1) is 26.5. The fourth-order valence-corrected chi connectivity index (χ4v) is 3.85. The highest BCUT2D eigenvalue weighted by molar-refractivity contribution is 5.90. The fourth-order valence-electron chi connectivity index (χ4n) is 3.85. The summed E-state index contributed by atoms with van der Waals surface area (Å²) in [5.74, 6) is -0.195. The van der Waals surface area contributed by atoms with Crippen molar-refractivity contribution in [2.45, 2.75) is 72.2 Å². The Balaban J connectivity index is 5.63. The average molecular weight is 400 g/mol. The lowest BCUT2D eigenvalue weighted by Gasteiger charge is -2.39. The lowest BCUT2D eigenvalue weighted by molar-refractivity contribution is -0.143. The van der Waals surface area contributed by atoms with Crippen molar-refractivity contribution in [3.63, 3.8) is 0 Å². The number of nitrogens with zero attached hydrogens (tertiary/aromatic N) is 2. The van der Waals surface area contributed by atoms with E-state index in [1.54, 1.807) is 19.1 Å². The molecule has 0 radical (unpaired) electrons. The molecule has 0 heterocycles. The van der Waals surface area contributed by atoms with Gasteiger partial charge in [0.2, 0.25) is 11.8 Å². The lowest BCUT2D eigenvalue weighted by atomic mass is 9.93. The molecule has 0 aromatic heterocycles. The predicted octanol–water partition coefficient (Wildman–Crippen LogP) is 1.80. The van der Waals surface area contributed by atoms with Gasteiger partial charge in [-0.25, -0.2) is 0 Å². The second-order valence-electron chi connectivity index (χ2n) is 8.74. The normalized spacial score (nSPS) is 16.2. The summed E-state index contributed by atoms with van der Waals surface area (Å²) in [7, 11) is 6.99. The first-order valence-corrected chi connectivity index (χ1v) is 10.1. The maximum Gasteiger partial charge on any atom is 0.245 e. The quantitative estimate of drug-likeness (QED) is 0.506. The summed E-state index contributed by atoms with van der Waals surface area (Å²) in [4.78, 5) is 40.7. The molecule has 4 atom stereocenters. The van der Waals surface area contributed by atoms with E-state index >= 15 is 0 Å². The van der Waals surface area contributed by atoms with Gasteiger partial charge in [-0.3, -0.25) is 14.5 Å². The van der Waals surface area contributed by atoms with Crippen molar-refractivity contribution in [2.75, 3.05) is 28.3 Å². The van der Waals surface area contributed by atoms with Gasteiger partial charge in [-0.05, 0) is 31.8 Å². The van der Waals surface area contributed by atoms with Gasteiger partial charge >= 0.3 is 0 Å². The van der Waals surface area contributed by atoms with Gasteiger partial charge in [0.15, 0.2) is 0 Å². The number of ether oxygens (including phenoxy) is 1. The van der Waals surface area contributed by atoms with Crippen molar-refractivity contribution in [3.05, 3.63) is 0 Å². The van der Waals surface area contributed by atoms with Crippen molar-refractivity contribution < 1.29 is 19.1 Å². The standard InChI is InChI=1S/C21H41N3O4/c1-13(2)17(22-20(26)19(15(5)6)23(7)8)21(27)24(9)18(14(3)4)16(28-10)11-12-25/h12-19H,11H2,1-10H3,(H,22,26)/t16-,17+,18+,19+/m1/s1. The highest BCUT2D eigenvalue weighted by Crippen LogP contribution is 2.20. The van der Waals surface area contributed by atoms with Crippen molar-refractivity contribution in [1.29, 1.82) is 0 Å². The number of nitrogens with one attached hydrogen (secondary N) is 1. The van der Waals surface area contributed by atoms with Crippen LogP contribution in [0, 0.1) is 17.8 Å². The SMILES string of the molecule is CO[C@H](CC=O)[C@H](C(C)C)N(C)C(=O)[C@@H](NC(=O)[C@H](C(C)C)N(C)C)C(C)C. The number of likely N-dealkylation sites (N-methyl/N-ethyl adjacent to an activating group) is 2. The first-order valence-electron chi connectivity index (χ1n) is 10.1. The van der Waals surface area contributed by atoms with Gasteiger partial charge in [-0.1, -0.05) is 41.5 Å². The zero-order valence-corrected chi connectivity index (χ0v) is 19.4. The number of rotatable bonds is 12. The molecule has 0 spiro atoms. The molecule has 28 heavy (non-hydrogen) atoms. The van der Waals surface area contributed by atoms with Crippen LogP contribution < -0.4 is 5.32 Å². The van der Waals surface area contributed by atoms with Crippen molar-refractivity contribution in [2.24, 2.45) is 17.8 Å². The molecule has 2 amide bonds. The Morgan fingerprint density at radius 3 is 1.82 bits per heavy atom. The van der Waals surface area contributed by atoms with Crippen LogP contribution in [0.15, 0.2) is 0 Å². The highest BCUT2D eigenvalue weighted by atomic mass is 16.5. The second kappa shape index (κ2) is 12.2. The summed E-state index contributed by atoms with van der Waals surface area (Å²) in [6.45, 7) is 11.8. The van der Waals surface area contributed by atoms with E-state index in [4.69, 9.17) is 4.74 Å². The van der Waals surface area contributed by atoms with Gasteiger partial charge in [-0.2, -0.15) is 0 Å². The molecule has 0 bridgehead atoms. The Labute approximate surface area is 171 Å². The van der Waals surface area contributed by atoms with E-state index in [1.165, 1.54) is 0 Å². The van der Waals surface area contributed by atoms with Gasteiger partial charge in [0.05, 0.1) is 18.2 Å². The van der Waals surface area contributed by atoms with Crippen LogP contribution in [-0.4, -0.2) is 80.4 Å². The molecular formula is C21H41N3O4. The molecule has 0 aliphatic carbocycles. The van der Waals surface area contributed by atoms with Crippen LogP contribution in [-0.2, 0) is 19.1 Å². The van der Waals surface area contributed by atoms with Crippen LogP contribution in [0.25, 0.3) is 0 Å². The van der Waals surface area contributed by atoms with Crippen LogP contribution in [0.1, 0.15) is 48.0 Å². The molecule has 7 heteroatoms. The Bertz CT molecular complexity index is 498. The molecule has 7 nitrogen and oxygen atoms in total. The molecule has 0 aliphatic heterocycles. The summed E-state index contributed by atoms with van der Waals surface area (Å²) in [6.07, 6.45) is 0.639. The molecule has 0 aliphatic rings. The molecular weight excluding hydrogens is 358 g/mol. The number of hydrogen-bond acceptors (Lipinski definition) is 5. The number of hydrogen-bond donors (Lipinski definition) is 1. The molecule has 0 aromatic carbocycles. The van der Waals surface area contributed by atoms with Gasteiger partial charge in [0.1, 0.15) is 12.3 Å². The third kappa shape index (κ3) is 7.17. The van der Waals surface area contributed by atoms with E-state index < -0.39 is 6.04 Å². The zero-order valence-electron chi connectivity index (χ0n) is 19.4. The monoisotopic (exact) mass is 399 g/mol. The first-order chi connectivity index (χ1) is 12.9. The molecule has 1 N–H and O–H groups in total. The summed E-state index contributed by atoms with van der Waals surface area (Å²) in [6, 6.07) is -1.23. The molecule has 0 saturated carbocycles. The smallest absolute Gasteiger partial charge is 0.245 e. The van der Waals surface area contributed by atoms with Crippen molar-refractivity contribution in [3.8, 4) is 0 Å². The van der Waals surface area contributed by atoms with Gasteiger partial charge in [0, 0.05) is 20.6 Å². The Kier molecular flexibility index (Phi) is 11.5. The number of methoxy groups -OCH3 is 1. The molecule has 0 unspecified atom stereocenters. The molecule has 0 saturated heterocycles. The summed E-state index contributed by atoms with van der Waals surface area (Å²) in [5, 5.41) is 2.96. The largest absolute Gasteiger partial charge is 0.379 e. The highest BCUT2D eigenvalue weighted by Gasteiger charge is 2.37. The van der Waals surface area contributed by atoms with Crippen molar-refractivity contribution in [1.82, 2.24) is 15.1 Å². The molecule has 0 rings (SSSR count). The zero-order chi connectivity index (χ0) is 22.2. The van der Waals surface area contributed by atoms with Crippen LogP contribution in [0.5, 0.6) is 0 Å². The second-order valence-corrected chi connectivity index (χ2v) is 8.74. The molecule has 0 aromatic rings. The van der Waals surface area contributed by atoms with E-state index in [0.717, 1.165) is 6.29 Å². The van der Waals surface area contributed by atoms with Crippen LogP contribution >= 0.6 is 0 Å². The topological polar surface area (TPSA) is 79.0 Å². The minimum atomic E-state index is -0.645.